The highest BCUT2D eigenvalue weighted by atomic mass is 32.2. The maximum absolute atomic E-state index is 13.0. The van der Waals surface area contributed by atoms with Gasteiger partial charge in [0.15, 0.2) is 0 Å². The van der Waals surface area contributed by atoms with Crippen molar-refractivity contribution < 1.29 is 17.9 Å². The summed E-state index contributed by atoms with van der Waals surface area (Å²) in [5, 5.41) is 4.65. The van der Waals surface area contributed by atoms with Gasteiger partial charge < -0.3 is 9.64 Å². The molecule has 1 amide bonds. The molecule has 1 N–H and O–H groups in total. The second-order valence-electron chi connectivity index (χ2n) is 8.57. The van der Waals surface area contributed by atoms with Gasteiger partial charge in [-0.3, -0.25) is 4.79 Å². The monoisotopic (exact) mass is 482 g/mol. The predicted octanol–water partition coefficient (Wildman–Crippen LogP) is 3.22. The fourth-order valence-corrected chi connectivity index (χ4v) is 5.19. The van der Waals surface area contributed by atoms with E-state index in [-0.39, 0.29) is 23.5 Å². The molecule has 3 aromatic rings. The SMILES string of the molecule is Cc1nn(-c2ccccc2)c(C)c1CN(C)C(=O)c1ccc(S(=O)(=O)NC[C@@H]2CCCO2)cc1. The molecule has 0 bridgehead atoms. The number of hydrogen-bond donors (Lipinski definition) is 1. The maximum Gasteiger partial charge on any atom is 0.253 e. The Morgan fingerprint density at radius 3 is 2.50 bits per heavy atom. The molecule has 1 atom stereocenters. The molecule has 0 aliphatic carbocycles. The lowest BCUT2D eigenvalue weighted by Gasteiger charge is -2.18. The molecule has 0 unspecified atom stereocenters. The summed E-state index contributed by atoms with van der Waals surface area (Å²) in [6.45, 7) is 5.24. The summed E-state index contributed by atoms with van der Waals surface area (Å²) in [4.78, 5) is 14.8. The number of aromatic nitrogens is 2. The highest BCUT2D eigenvalue weighted by Gasteiger charge is 2.22. The van der Waals surface area contributed by atoms with E-state index in [4.69, 9.17) is 4.74 Å². The van der Waals surface area contributed by atoms with Crippen molar-refractivity contribution in [3.8, 4) is 5.69 Å². The predicted molar refractivity (Wildman–Crippen MR) is 129 cm³/mol. The number of rotatable bonds is 8. The summed E-state index contributed by atoms with van der Waals surface area (Å²) < 4.78 is 35.1. The van der Waals surface area contributed by atoms with Crippen LogP contribution in [-0.4, -0.2) is 55.3 Å². The van der Waals surface area contributed by atoms with Gasteiger partial charge in [-0.25, -0.2) is 17.8 Å². The number of hydrogen-bond acceptors (Lipinski definition) is 5. The Kier molecular flexibility index (Phi) is 7.16. The molecule has 180 valence electrons. The van der Waals surface area contributed by atoms with Gasteiger partial charge in [-0.15, -0.1) is 0 Å². The molecular weight excluding hydrogens is 452 g/mol. The number of aryl methyl sites for hydroxylation is 1. The first-order valence-corrected chi connectivity index (χ1v) is 12.8. The standard InChI is InChI=1S/C25H30N4O4S/c1-18-24(19(2)29(27-18)21-8-5-4-6-9-21)17-28(3)25(30)20-11-13-23(14-12-20)34(31,32)26-16-22-10-7-15-33-22/h4-6,8-9,11-14,22,26H,7,10,15-17H2,1-3H3/t22-/m0/s1. The quantitative estimate of drug-likeness (QED) is 0.532. The lowest BCUT2D eigenvalue weighted by Crippen LogP contribution is -2.32. The second-order valence-corrected chi connectivity index (χ2v) is 10.3. The average molecular weight is 483 g/mol. The molecule has 2 aromatic carbocycles. The summed E-state index contributed by atoms with van der Waals surface area (Å²) in [6, 6.07) is 15.9. The number of amides is 1. The van der Waals surface area contributed by atoms with Gasteiger partial charge in [0.05, 0.1) is 22.4 Å². The molecule has 1 fully saturated rings. The minimum atomic E-state index is -3.66. The summed E-state index contributed by atoms with van der Waals surface area (Å²) in [5.74, 6) is -0.192. The number of carbonyl (C=O) groups excluding carboxylic acids is 1. The highest BCUT2D eigenvalue weighted by Crippen LogP contribution is 2.20. The molecule has 9 heteroatoms. The minimum absolute atomic E-state index is 0.0811. The Bertz CT molecular complexity index is 1250. The first kappa shape index (κ1) is 24.1. The summed E-state index contributed by atoms with van der Waals surface area (Å²) in [7, 11) is -1.93. The van der Waals surface area contributed by atoms with Crippen LogP contribution in [-0.2, 0) is 21.3 Å². The largest absolute Gasteiger partial charge is 0.377 e. The number of nitrogens with zero attached hydrogens (tertiary/aromatic N) is 3. The Labute approximate surface area is 200 Å². The zero-order valence-electron chi connectivity index (χ0n) is 19.7. The molecule has 4 rings (SSSR count). The van der Waals surface area contributed by atoms with Crippen LogP contribution in [0.15, 0.2) is 59.5 Å². The Morgan fingerprint density at radius 2 is 1.85 bits per heavy atom. The van der Waals surface area contributed by atoms with Crippen molar-refractivity contribution >= 4 is 15.9 Å². The Hall–Kier alpha value is -3.01. The van der Waals surface area contributed by atoms with Gasteiger partial charge >= 0.3 is 0 Å². The first-order valence-electron chi connectivity index (χ1n) is 11.3. The summed E-state index contributed by atoms with van der Waals surface area (Å²) >= 11 is 0. The van der Waals surface area contributed by atoms with Crippen molar-refractivity contribution in [3.05, 3.63) is 77.1 Å². The van der Waals surface area contributed by atoms with E-state index in [0.29, 0.717) is 18.7 Å². The average Bonchev–Trinajstić information content (AvgIpc) is 3.47. The van der Waals surface area contributed by atoms with Gasteiger partial charge in [0.2, 0.25) is 10.0 Å². The second kappa shape index (κ2) is 10.1. The number of nitrogens with one attached hydrogen (secondary N) is 1. The van der Waals surface area contributed by atoms with Crippen molar-refractivity contribution in [2.45, 2.75) is 44.2 Å². The van der Waals surface area contributed by atoms with Gasteiger partial charge in [-0.05, 0) is 63.1 Å². The molecular formula is C25H30N4O4S. The van der Waals surface area contributed by atoms with Gasteiger partial charge in [0.1, 0.15) is 0 Å². The highest BCUT2D eigenvalue weighted by molar-refractivity contribution is 7.89. The third-order valence-electron chi connectivity index (χ3n) is 6.12. The molecule has 1 aliphatic rings. The number of benzene rings is 2. The third-order valence-corrected chi connectivity index (χ3v) is 7.56. The van der Waals surface area contributed by atoms with E-state index in [0.717, 1.165) is 35.5 Å². The van der Waals surface area contributed by atoms with Crippen LogP contribution < -0.4 is 4.72 Å². The van der Waals surface area contributed by atoms with Crippen LogP contribution in [0.3, 0.4) is 0 Å². The van der Waals surface area contributed by atoms with Gasteiger partial charge in [-0.1, -0.05) is 18.2 Å². The lowest BCUT2D eigenvalue weighted by atomic mass is 10.1. The van der Waals surface area contributed by atoms with Gasteiger partial charge in [-0.2, -0.15) is 5.10 Å². The molecule has 0 spiro atoms. The van der Waals surface area contributed by atoms with Crippen molar-refractivity contribution in [1.82, 2.24) is 19.4 Å². The van der Waals surface area contributed by atoms with Crippen molar-refractivity contribution in [2.75, 3.05) is 20.2 Å². The number of carbonyl (C=O) groups is 1. The molecule has 0 radical (unpaired) electrons. The van der Waals surface area contributed by atoms with Crippen molar-refractivity contribution in [3.63, 3.8) is 0 Å². The zero-order valence-corrected chi connectivity index (χ0v) is 20.5. The molecule has 1 aromatic heterocycles. The lowest BCUT2D eigenvalue weighted by molar-refractivity contribution is 0.0784. The van der Waals surface area contributed by atoms with Crippen LogP contribution in [0.2, 0.25) is 0 Å². The van der Waals surface area contributed by atoms with Crippen LogP contribution in [0.5, 0.6) is 0 Å². The van der Waals surface area contributed by atoms with Crippen LogP contribution >= 0.6 is 0 Å². The summed E-state index contributed by atoms with van der Waals surface area (Å²) in [5.41, 5.74) is 4.21. The first-order chi connectivity index (χ1) is 16.3. The van der Waals surface area contributed by atoms with Crippen LogP contribution in [0.4, 0.5) is 0 Å². The number of ether oxygens (including phenoxy) is 1. The summed E-state index contributed by atoms with van der Waals surface area (Å²) in [6.07, 6.45) is 1.72. The Morgan fingerprint density at radius 1 is 1.15 bits per heavy atom. The molecule has 1 saturated heterocycles. The van der Waals surface area contributed by atoms with E-state index >= 15 is 0 Å². The molecule has 0 saturated carbocycles. The molecule has 2 heterocycles. The topological polar surface area (TPSA) is 93.5 Å². The minimum Gasteiger partial charge on any atom is -0.377 e. The molecule has 34 heavy (non-hydrogen) atoms. The fourth-order valence-electron chi connectivity index (χ4n) is 4.12. The normalized spacial score (nSPS) is 16.0. The van der Waals surface area contributed by atoms with E-state index in [1.165, 1.54) is 12.1 Å². The Balaban J connectivity index is 1.43. The smallest absolute Gasteiger partial charge is 0.253 e. The van der Waals surface area contributed by atoms with Crippen LogP contribution in [0.1, 0.15) is 40.2 Å². The van der Waals surface area contributed by atoms with Gasteiger partial charge in [0.25, 0.3) is 5.91 Å². The van der Waals surface area contributed by atoms with E-state index in [1.54, 1.807) is 24.1 Å². The third kappa shape index (κ3) is 5.22. The van der Waals surface area contributed by atoms with E-state index in [2.05, 4.69) is 9.82 Å². The zero-order chi connectivity index (χ0) is 24.3. The van der Waals surface area contributed by atoms with E-state index in [9.17, 15) is 13.2 Å². The number of sulfonamides is 1. The van der Waals surface area contributed by atoms with E-state index < -0.39 is 10.0 Å². The maximum atomic E-state index is 13.0. The van der Waals surface area contributed by atoms with Gasteiger partial charge in [0, 0.05) is 43.6 Å². The number of para-hydroxylation sites is 1. The fraction of sp³-hybridized carbons (Fsp3) is 0.360. The molecule has 8 nitrogen and oxygen atoms in total. The van der Waals surface area contributed by atoms with Crippen LogP contribution in [0, 0.1) is 13.8 Å². The van der Waals surface area contributed by atoms with Crippen molar-refractivity contribution in [1.29, 1.82) is 0 Å². The molecule has 1 aliphatic heterocycles. The van der Waals surface area contributed by atoms with E-state index in [1.807, 2.05) is 48.9 Å². The van der Waals surface area contributed by atoms with Crippen molar-refractivity contribution in [2.24, 2.45) is 0 Å². The van der Waals surface area contributed by atoms with Crippen LogP contribution in [0.25, 0.3) is 5.69 Å².